The molecule has 2 aromatic rings. The van der Waals surface area contributed by atoms with Crippen molar-refractivity contribution in [2.75, 3.05) is 13.7 Å². The first-order chi connectivity index (χ1) is 11.9. The van der Waals surface area contributed by atoms with Crippen molar-refractivity contribution in [2.24, 2.45) is 0 Å². The Morgan fingerprint density at radius 2 is 1.84 bits per heavy atom. The lowest BCUT2D eigenvalue weighted by Crippen LogP contribution is -2.15. The van der Waals surface area contributed by atoms with Gasteiger partial charge in [-0.1, -0.05) is 11.6 Å². The van der Waals surface area contributed by atoms with Crippen LogP contribution in [0.4, 0.5) is 0 Å². The molecular formula is C20H23NO4. The number of benzene rings is 1. The normalized spacial score (nSPS) is 13.6. The molecule has 0 amide bonds. The van der Waals surface area contributed by atoms with Crippen LogP contribution < -0.4 is 4.74 Å². The van der Waals surface area contributed by atoms with Gasteiger partial charge in [0.15, 0.2) is 6.61 Å². The fraction of sp³-hybridized carbons (Fsp3) is 0.400. The smallest absolute Gasteiger partial charge is 0.342 e. The van der Waals surface area contributed by atoms with E-state index in [2.05, 4.69) is 4.57 Å². The first kappa shape index (κ1) is 17.3. The van der Waals surface area contributed by atoms with Gasteiger partial charge in [0.05, 0.1) is 7.11 Å². The highest BCUT2D eigenvalue weighted by Crippen LogP contribution is 2.38. The second-order valence-electron chi connectivity index (χ2n) is 6.59. The number of hydrogen-bond acceptors (Lipinski definition) is 4. The van der Waals surface area contributed by atoms with Crippen LogP contribution in [0.2, 0.25) is 0 Å². The molecule has 0 aliphatic heterocycles. The Morgan fingerprint density at radius 1 is 1.12 bits per heavy atom. The van der Waals surface area contributed by atoms with Gasteiger partial charge in [-0.2, -0.15) is 0 Å². The minimum Gasteiger partial charge on any atom is -0.496 e. The lowest BCUT2D eigenvalue weighted by Gasteiger charge is -2.10. The van der Waals surface area contributed by atoms with Gasteiger partial charge in [-0.15, -0.1) is 0 Å². The van der Waals surface area contributed by atoms with Crippen LogP contribution in [0.5, 0.6) is 5.75 Å². The summed E-state index contributed by atoms with van der Waals surface area (Å²) in [5.41, 5.74) is 3.92. The Balaban J connectivity index is 1.71. The summed E-state index contributed by atoms with van der Waals surface area (Å²) in [6.07, 6.45) is 2.32. The van der Waals surface area contributed by atoms with E-state index in [1.54, 1.807) is 12.1 Å². The van der Waals surface area contributed by atoms with Gasteiger partial charge < -0.3 is 14.0 Å². The maximum Gasteiger partial charge on any atom is 0.342 e. The molecule has 1 aromatic carbocycles. The predicted octanol–water partition coefficient (Wildman–Crippen LogP) is 3.80. The Labute approximate surface area is 147 Å². The summed E-state index contributed by atoms with van der Waals surface area (Å²) in [6.45, 7) is 5.56. The van der Waals surface area contributed by atoms with Crippen LogP contribution >= 0.6 is 0 Å². The fourth-order valence-electron chi connectivity index (χ4n) is 3.22. The monoisotopic (exact) mass is 341 g/mol. The number of carbonyl (C=O) groups is 2. The molecule has 1 aliphatic rings. The molecule has 0 spiro atoms. The molecule has 1 heterocycles. The van der Waals surface area contributed by atoms with E-state index in [1.807, 2.05) is 32.9 Å². The van der Waals surface area contributed by atoms with E-state index in [9.17, 15) is 9.59 Å². The fourth-order valence-corrected chi connectivity index (χ4v) is 3.22. The van der Waals surface area contributed by atoms with Crippen molar-refractivity contribution < 1.29 is 19.1 Å². The maximum atomic E-state index is 12.5. The lowest BCUT2D eigenvalue weighted by molar-refractivity contribution is 0.0471. The molecule has 1 saturated carbocycles. The summed E-state index contributed by atoms with van der Waals surface area (Å²) in [7, 11) is 1.50. The van der Waals surface area contributed by atoms with Crippen molar-refractivity contribution in [3.8, 4) is 5.75 Å². The van der Waals surface area contributed by atoms with Crippen molar-refractivity contribution in [2.45, 2.75) is 39.7 Å². The number of esters is 1. The summed E-state index contributed by atoms with van der Waals surface area (Å²) in [4.78, 5) is 24.8. The van der Waals surface area contributed by atoms with E-state index in [4.69, 9.17) is 9.47 Å². The number of carbonyl (C=O) groups excluding carboxylic acids is 2. The second kappa shape index (κ2) is 6.75. The van der Waals surface area contributed by atoms with Gasteiger partial charge in [0.2, 0.25) is 5.78 Å². The van der Waals surface area contributed by atoms with Crippen LogP contribution in [0.15, 0.2) is 24.3 Å². The molecule has 0 unspecified atom stereocenters. The number of nitrogens with zero attached hydrogens (tertiary/aromatic N) is 1. The number of hydrogen-bond donors (Lipinski definition) is 0. The van der Waals surface area contributed by atoms with E-state index in [0.29, 0.717) is 22.9 Å². The third kappa shape index (κ3) is 3.45. The molecule has 25 heavy (non-hydrogen) atoms. The van der Waals surface area contributed by atoms with E-state index in [1.165, 1.54) is 7.11 Å². The van der Waals surface area contributed by atoms with Crippen molar-refractivity contribution in [3.05, 3.63) is 52.3 Å². The predicted molar refractivity (Wildman–Crippen MR) is 94.5 cm³/mol. The Bertz CT molecular complexity index is 830. The van der Waals surface area contributed by atoms with Gasteiger partial charge in [-0.25, -0.2) is 4.79 Å². The van der Waals surface area contributed by atoms with Crippen LogP contribution in [-0.2, 0) is 4.74 Å². The first-order valence-corrected chi connectivity index (χ1v) is 8.45. The SMILES string of the molecule is COc1ccc(C)cc1C(=O)OCC(=O)c1cc(C)n(C2CC2)c1C. The van der Waals surface area contributed by atoms with Gasteiger partial charge in [-0.3, -0.25) is 4.79 Å². The first-order valence-electron chi connectivity index (χ1n) is 8.45. The Hall–Kier alpha value is -2.56. The van der Waals surface area contributed by atoms with Gasteiger partial charge in [-0.05, 0) is 51.8 Å². The number of methoxy groups -OCH3 is 1. The zero-order valence-corrected chi connectivity index (χ0v) is 15.1. The molecule has 1 aromatic heterocycles. The van der Waals surface area contributed by atoms with Gasteiger partial charge in [0, 0.05) is 23.0 Å². The zero-order chi connectivity index (χ0) is 18.1. The standard InChI is InChI=1S/C20H23NO4/c1-12-5-8-19(24-4)17(9-12)20(23)25-11-18(22)16-10-13(2)21(14(16)3)15-6-7-15/h5,8-10,15H,6-7,11H2,1-4H3. The highest BCUT2D eigenvalue weighted by molar-refractivity contribution is 6.01. The topological polar surface area (TPSA) is 57.5 Å². The number of ether oxygens (including phenoxy) is 2. The molecule has 1 fully saturated rings. The summed E-state index contributed by atoms with van der Waals surface area (Å²) >= 11 is 0. The summed E-state index contributed by atoms with van der Waals surface area (Å²) in [6, 6.07) is 7.67. The molecule has 3 rings (SSSR count). The number of Topliss-reactive ketones (excluding diaryl/α,β-unsaturated/α-hetero) is 1. The molecule has 1 aliphatic carbocycles. The summed E-state index contributed by atoms with van der Waals surface area (Å²) in [5.74, 6) is -0.292. The van der Waals surface area contributed by atoms with E-state index in [0.717, 1.165) is 29.8 Å². The van der Waals surface area contributed by atoms with Crippen LogP contribution in [0, 0.1) is 20.8 Å². The van der Waals surface area contributed by atoms with Gasteiger partial charge in [0.1, 0.15) is 11.3 Å². The van der Waals surface area contributed by atoms with Crippen molar-refractivity contribution in [1.29, 1.82) is 0 Å². The van der Waals surface area contributed by atoms with E-state index >= 15 is 0 Å². The van der Waals surface area contributed by atoms with Crippen LogP contribution in [0.25, 0.3) is 0 Å². The minimum absolute atomic E-state index is 0.181. The van der Waals surface area contributed by atoms with Crippen molar-refractivity contribution in [1.82, 2.24) is 4.57 Å². The van der Waals surface area contributed by atoms with Gasteiger partial charge >= 0.3 is 5.97 Å². The van der Waals surface area contributed by atoms with E-state index < -0.39 is 5.97 Å². The number of rotatable bonds is 6. The third-order valence-corrected chi connectivity index (χ3v) is 4.61. The number of ketones is 1. The molecule has 0 saturated heterocycles. The molecule has 5 heteroatoms. The van der Waals surface area contributed by atoms with Crippen molar-refractivity contribution in [3.63, 3.8) is 0 Å². The highest BCUT2D eigenvalue weighted by Gasteiger charge is 2.28. The zero-order valence-electron chi connectivity index (χ0n) is 15.1. The van der Waals surface area contributed by atoms with Crippen LogP contribution in [0.1, 0.15) is 56.6 Å². The Morgan fingerprint density at radius 3 is 2.48 bits per heavy atom. The molecule has 5 nitrogen and oxygen atoms in total. The maximum absolute atomic E-state index is 12.5. The molecule has 0 N–H and O–H groups in total. The van der Waals surface area contributed by atoms with E-state index in [-0.39, 0.29) is 12.4 Å². The molecular weight excluding hydrogens is 318 g/mol. The third-order valence-electron chi connectivity index (χ3n) is 4.61. The molecule has 0 atom stereocenters. The molecule has 132 valence electrons. The average Bonchev–Trinajstić information content (AvgIpc) is 3.37. The molecule has 0 bridgehead atoms. The van der Waals surface area contributed by atoms with Gasteiger partial charge in [0.25, 0.3) is 0 Å². The van der Waals surface area contributed by atoms with Crippen LogP contribution in [0.3, 0.4) is 0 Å². The van der Waals surface area contributed by atoms with Crippen molar-refractivity contribution >= 4 is 11.8 Å². The largest absolute Gasteiger partial charge is 0.496 e. The average molecular weight is 341 g/mol. The number of aryl methyl sites for hydroxylation is 2. The Kier molecular flexibility index (Phi) is 4.66. The summed E-state index contributed by atoms with van der Waals surface area (Å²) < 4.78 is 12.6. The second-order valence-corrected chi connectivity index (χ2v) is 6.59. The highest BCUT2D eigenvalue weighted by atomic mass is 16.5. The number of aromatic nitrogens is 1. The summed E-state index contributed by atoms with van der Waals surface area (Å²) in [5, 5.41) is 0. The molecule has 0 radical (unpaired) electrons. The minimum atomic E-state index is -0.551. The quantitative estimate of drug-likeness (QED) is 0.592. The lowest BCUT2D eigenvalue weighted by atomic mass is 10.1. The van der Waals surface area contributed by atoms with Crippen LogP contribution in [-0.4, -0.2) is 30.0 Å².